The number of nitrogens with one attached hydrogen (secondary N) is 1. The van der Waals surface area contributed by atoms with Crippen LogP contribution in [0.1, 0.15) is 23.0 Å². The number of anilines is 2. The summed E-state index contributed by atoms with van der Waals surface area (Å²) in [6.07, 6.45) is 0.998. The summed E-state index contributed by atoms with van der Waals surface area (Å²) < 4.78 is 5.24. The van der Waals surface area contributed by atoms with Gasteiger partial charge in [0.25, 0.3) is 5.91 Å². The van der Waals surface area contributed by atoms with Crippen LogP contribution in [0.5, 0.6) is 5.75 Å². The highest BCUT2D eigenvalue weighted by molar-refractivity contribution is 7.19. The molecule has 0 fully saturated rings. The van der Waals surface area contributed by atoms with Crippen LogP contribution in [0.3, 0.4) is 0 Å². The van der Waals surface area contributed by atoms with Crippen molar-refractivity contribution in [3.63, 3.8) is 0 Å². The van der Waals surface area contributed by atoms with E-state index in [1.165, 1.54) is 16.2 Å². The lowest BCUT2D eigenvalue weighted by Gasteiger charge is -2.08. The van der Waals surface area contributed by atoms with Crippen LogP contribution < -0.4 is 15.8 Å². The molecule has 96 valence electrons. The van der Waals surface area contributed by atoms with Crippen LogP contribution in [0.15, 0.2) is 0 Å². The molecule has 0 radical (unpaired) electrons. The van der Waals surface area contributed by atoms with E-state index in [2.05, 4.69) is 12.2 Å². The number of hydrogen-bond donors (Lipinski definition) is 2. The van der Waals surface area contributed by atoms with Gasteiger partial charge in [-0.25, -0.2) is 0 Å². The number of rotatable bonds is 5. The van der Waals surface area contributed by atoms with Gasteiger partial charge in [-0.2, -0.15) is 0 Å². The molecular weight excluding hydrogens is 238 g/mol. The van der Waals surface area contributed by atoms with Crippen LogP contribution >= 0.6 is 11.3 Å². The molecular formula is C11H19N3O2S. The summed E-state index contributed by atoms with van der Waals surface area (Å²) in [5.74, 6) is 0.462. The van der Waals surface area contributed by atoms with Gasteiger partial charge in [-0.05, 0) is 6.42 Å². The molecule has 0 saturated heterocycles. The molecule has 1 amide bonds. The molecule has 0 aliphatic carbocycles. The molecule has 1 aromatic rings. The van der Waals surface area contributed by atoms with Crippen molar-refractivity contribution in [2.45, 2.75) is 13.3 Å². The number of carbonyl (C=O) groups is 1. The monoisotopic (exact) mass is 257 g/mol. The highest BCUT2D eigenvalue weighted by Crippen LogP contribution is 2.42. The first-order chi connectivity index (χ1) is 8.02. The number of thiophene rings is 1. The molecule has 1 aromatic heterocycles. The average Bonchev–Trinajstić information content (AvgIpc) is 2.61. The van der Waals surface area contributed by atoms with Gasteiger partial charge in [0.2, 0.25) is 0 Å². The van der Waals surface area contributed by atoms with Crippen LogP contribution in [-0.4, -0.2) is 38.6 Å². The van der Waals surface area contributed by atoms with E-state index in [0.717, 1.165) is 18.0 Å². The largest absolute Gasteiger partial charge is 0.492 e. The Morgan fingerprint density at radius 2 is 2.18 bits per heavy atom. The third kappa shape index (κ3) is 2.82. The average molecular weight is 257 g/mol. The fourth-order valence-corrected chi connectivity index (χ4v) is 2.49. The summed E-state index contributed by atoms with van der Waals surface area (Å²) in [6, 6.07) is 0. The van der Waals surface area contributed by atoms with Crippen molar-refractivity contribution in [3.05, 3.63) is 4.88 Å². The highest BCUT2D eigenvalue weighted by Gasteiger charge is 2.22. The molecule has 5 nitrogen and oxygen atoms in total. The van der Waals surface area contributed by atoms with E-state index in [1.807, 2.05) is 0 Å². The molecule has 0 aliphatic heterocycles. The summed E-state index contributed by atoms with van der Waals surface area (Å²) in [4.78, 5) is 13.9. The number of methoxy groups -OCH3 is 1. The van der Waals surface area contributed by atoms with E-state index in [0.29, 0.717) is 16.3 Å². The zero-order valence-electron chi connectivity index (χ0n) is 10.7. The number of carbonyl (C=O) groups excluding carboxylic acids is 1. The van der Waals surface area contributed by atoms with E-state index in [4.69, 9.17) is 10.5 Å². The Hall–Kier alpha value is -1.43. The first kappa shape index (κ1) is 13.6. The van der Waals surface area contributed by atoms with Gasteiger partial charge in [-0.15, -0.1) is 11.3 Å². The van der Waals surface area contributed by atoms with Gasteiger partial charge < -0.3 is 20.7 Å². The summed E-state index contributed by atoms with van der Waals surface area (Å²) in [6.45, 7) is 2.90. The number of hydrogen-bond acceptors (Lipinski definition) is 5. The molecule has 0 saturated carbocycles. The SMILES string of the molecule is CCCNc1sc(C(=O)N(C)C)c(N)c1OC. The van der Waals surface area contributed by atoms with Crippen LogP contribution in [0.2, 0.25) is 0 Å². The quantitative estimate of drug-likeness (QED) is 0.845. The van der Waals surface area contributed by atoms with Crippen LogP contribution in [0, 0.1) is 0 Å². The molecule has 0 bridgehead atoms. The maximum atomic E-state index is 11.9. The van der Waals surface area contributed by atoms with Crippen LogP contribution in [-0.2, 0) is 0 Å². The van der Waals surface area contributed by atoms with Gasteiger partial charge in [0.15, 0.2) is 5.75 Å². The third-order valence-electron chi connectivity index (χ3n) is 2.24. The van der Waals surface area contributed by atoms with Gasteiger partial charge >= 0.3 is 0 Å². The van der Waals surface area contributed by atoms with E-state index in [-0.39, 0.29) is 5.91 Å². The number of nitrogens with zero attached hydrogens (tertiary/aromatic N) is 1. The molecule has 0 aliphatic rings. The van der Waals surface area contributed by atoms with E-state index in [9.17, 15) is 4.79 Å². The highest BCUT2D eigenvalue weighted by atomic mass is 32.1. The zero-order valence-corrected chi connectivity index (χ0v) is 11.5. The Labute approximate surface area is 106 Å². The Kier molecular flexibility index (Phi) is 4.62. The number of nitrogens with two attached hydrogens (primary N) is 1. The van der Waals surface area contributed by atoms with Crippen molar-refractivity contribution < 1.29 is 9.53 Å². The lowest BCUT2D eigenvalue weighted by molar-refractivity contribution is 0.0833. The normalized spacial score (nSPS) is 10.1. The van der Waals surface area contributed by atoms with Crippen molar-refractivity contribution in [2.24, 2.45) is 0 Å². The Morgan fingerprint density at radius 3 is 2.65 bits per heavy atom. The summed E-state index contributed by atoms with van der Waals surface area (Å²) in [5.41, 5.74) is 6.33. The predicted octanol–water partition coefficient (Wildman–Crippen LogP) is 1.86. The second kappa shape index (κ2) is 5.77. The molecule has 0 unspecified atom stereocenters. The van der Waals surface area contributed by atoms with Gasteiger partial charge in [0.1, 0.15) is 15.6 Å². The fraction of sp³-hybridized carbons (Fsp3) is 0.545. The fourth-order valence-electron chi connectivity index (χ4n) is 1.35. The Morgan fingerprint density at radius 1 is 1.53 bits per heavy atom. The van der Waals surface area contributed by atoms with Crippen LogP contribution in [0.25, 0.3) is 0 Å². The van der Waals surface area contributed by atoms with Gasteiger partial charge in [-0.3, -0.25) is 4.79 Å². The smallest absolute Gasteiger partial charge is 0.265 e. The molecule has 1 heterocycles. The first-order valence-corrected chi connectivity index (χ1v) is 6.26. The minimum absolute atomic E-state index is 0.102. The van der Waals surface area contributed by atoms with Crippen LogP contribution in [0.4, 0.5) is 10.7 Å². The minimum atomic E-state index is -0.102. The number of nitrogen functional groups attached to an aromatic ring is 1. The molecule has 3 N–H and O–H groups in total. The van der Waals surface area contributed by atoms with Crippen molar-refractivity contribution in [3.8, 4) is 5.75 Å². The van der Waals surface area contributed by atoms with Gasteiger partial charge in [0, 0.05) is 20.6 Å². The Bertz CT molecular complexity index is 402. The molecule has 0 aromatic carbocycles. The molecule has 1 rings (SSSR count). The zero-order chi connectivity index (χ0) is 13.0. The van der Waals surface area contributed by atoms with Crippen molar-refractivity contribution in [2.75, 3.05) is 38.8 Å². The Balaban J connectivity index is 3.08. The number of amides is 1. The predicted molar refractivity (Wildman–Crippen MR) is 72.1 cm³/mol. The second-order valence-electron chi connectivity index (χ2n) is 3.83. The maximum absolute atomic E-state index is 11.9. The van der Waals surface area contributed by atoms with Crippen molar-refractivity contribution in [1.82, 2.24) is 4.90 Å². The van der Waals surface area contributed by atoms with Crippen molar-refractivity contribution >= 4 is 27.9 Å². The minimum Gasteiger partial charge on any atom is -0.492 e. The van der Waals surface area contributed by atoms with Gasteiger partial charge in [-0.1, -0.05) is 6.92 Å². The third-order valence-corrected chi connectivity index (χ3v) is 3.37. The van der Waals surface area contributed by atoms with Crippen molar-refractivity contribution in [1.29, 1.82) is 0 Å². The molecule has 0 spiro atoms. The van der Waals surface area contributed by atoms with E-state index in [1.54, 1.807) is 21.2 Å². The van der Waals surface area contributed by atoms with Gasteiger partial charge in [0.05, 0.1) is 7.11 Å². The van der Waals surface area contributed by atoms with E-state index < -0.39 is 0 Å². The standard InChI is InChI=1S/C11H19N3O2S/c1-5-6-13-10-8(16-4)7(12)9(17-10)11(15)14(2)3/h13H,5-6,12H2,1-4H3. The lowest BCUT2D eigenvalue weighted by Crippen LogP contribution is -2.21. The molecule has 17 heavy (non-hydrogen) atoms. The topological polar surface area (TPSA) is 67.6 Å². The second-order valence-corrected chi connectivity index (χ2v) is 4.85. The summed E-state index contributed by atoms with van der Waals surface area (Å²) in [5, 5.41) is 4.03. The maximum Gasteiger partial charge on any atom is 0.265 e. The number of ether oxygens (including phenoxy) is 1. The lowest BCUT2D eigenvalue weighted by atomic mass is 10.3. The van der Waals surface area contributed by atoms with E-state index >= 15 is 0 Å². The first-order valence-electron chi connectivity index (χ1n) is 5.44. The molecule has 0 atom stereocenters. The summed E-state index contributed by atoms with van der Waals surface area (Å²) in [7, 11) is 4.96. The molecule has 6 heteroatoms. The summed E-state index contributed by atoms with van der Waals surface area (Å²) >= 11 is 1.33.